The number of aromatic nitrogens is 1. The molecule has 2 aromatic rings. The maximum Gasteiger partial charge on any atom is 0.262 e. The number of carbonyl (C=O) groups excluding carboxylic acids is 1. The van der Waals surface area contributed by atoms with Gasteiger partial charge in [0.1, 0.15) is 5.75 Å². The highest BCUT2D eigenvalue weighted by Gasteiger charge is 2.15. The van der Waals surface area contributed by atoms with E-state index in [9.17, 15) is 4.79 Å². The fourth-order valence-electron chi connectivity index (χ4n) is 2.26. The monoisotopic (exact) mass is 283 g/mol. The quantitative estimate of drug-likeness (QED) is 0.901. The third kappa shape index (κ3) is 3.20. The molecular weight excluding hydrogens is 266 g/mol. The molecule has 0 spiro atoms. The van der Waals surface area contributed by atoms with E-state index in [4.69, 9.17) is 4.74 Å². The average molecular weight is 283 g/mol. The summed E-state index contributed by atoms with van der Waals surface area (Å²) in [4.78, 5) is 15.4. The zero-order valence-corrected chi connectivity index (χ0v) is 11.8. The van der Waals surface area contributed by atoms with Gasteiger partial charge in [0, 0.05) is 25.5 Å². The van der Waals surface area contributed by atoms with Crippen molar-refractivity contribution in [3.05, 3.63) is 53.3 Å². The Balaban J connectivity index is 1.62. The van der Waals surface area contributed by atoms with Gasteiger partial charge in [-0.05, 0) is 41.8 Å². The molecule has 1 amide bonds. The number of nitrogens with zero attached hydrogens (tertiary/aromatic N) is 1. The number of amides is 1. The van der Waals surface area contributed by atoms with Crippen LogP contribution in [0.1, 0.15) is 16.7 Å². The molecule has 5 nitrogen and oxygen atoms in total. The molecule has 0 bridgehead atoms. The summed E-state index contributed by atoms with van der Waals surface area (Å²) < 4.78 is 5.34. The number of ether oxygens (including phenoxy) is 1. The second kappa shape index (κ2) is 5.93. The Labute approximate surface area is 123 Å². The number of fused-ring (bicyclic) bond motifs is 1. The van der Waals surface area contributed by atoms with Crippen molar-refractivity contribution in [2.45, 2.75) is 20.0 Å². The first-order chi connectivity index (χ1) is 10.2. The second-order valence-corrected chi connectivity index (χ2v) is 5.07. The standard InChI is InChI=1S/C16H17N3O2/c1-11-4-5-17-8-13(11)9-18-7-12-2-3-15-14(6-12)19-16(20)10-21-15/h2-6,8,18H,7,9-10H2,1H3,(H,19,20). The van der Waals surface area contributed by atoms with Crippen LogP contribution < -0.4 is 15.4 Å². The van der Waals surface area contributed by atoms with E-state index in [1.54, 1.807) is 6.20 Å². The number of anilines is 1. The number of pyridine rings is 1. The van der Waals surface area contributed by atoms with Crippen molar-refractivity contribution in [2.24, 2.45) is 0 Å². The van der Waals surface area contributed by atoms with E-state index in [0.29, 0.717) is 0 Å². The van der Waals surface area contributed by atoms with Crippen LogP contribution in [0.15, 0.2) is 36.7 Å². The highest BCUT2D eigenvalue weighted by atomic mass is 16.5. The maximum atomic E-state index is 11.3. The zero-order valence-electron chi connectivity index (χ0n) is 11.8. The van der Waals surface area contributed by atoms with Gasteiger partial charge in [-0.1, -0.05) is 6.07 Å². The summed E-state index contributed by atoms with van der Waals surface area (Å²) in [6, 6.07) is 7.83. The van der Waals surface area contributed by atoms with Gasteiger partial charge in [-0.3, -0.25) is 9.78 Å². The van der Waals surface area contributed by atoms with Crippen LogP contribution in [0.25, 0.3) is 0 Å². The first-order valence-corrected chi connectivity index (χ1v) is 6.88. The van der Waals surface area contributed by atoms with E-state index in [0.717, 1.165) is 30.1 Å². The van der Waals surface area contributed by atoms with Crippen LogP contribution in [0.5, 0.6) is 5.75 Å². The smallest absolute Gasteiger partial charge is 0.262 e. The predicted molar refractivity (Wildman–Crippen MR) is 80.1 cm³/mol. The maximum absolute atomic E-state index is 11.3. The molecular formula is C16H17N3O2. The lowest BCUT2D eigenvalue weighted by Crippen LogP contribution is -2.25. The number of benzene rings is 1. The fourth-order valence-corrected chi connectivity index (χ4v) is 2.26. The molecule has 0 unspecified atom stereocenters. The van der Waals surface area contributed by atoms with Gasteiger partial charge in [-0.15, -0.1) is 0 Å². The average Bonchev–Trinajstić information content (AvgIpc) is 2.49. The molecule has 1 aliphatic heterocycles. The Bertz CT molecular complexity index is 670. The zero-order chi connectivity index (χ0) is 14.7. The summed E-state index contributed by atoms with van der Waals surface area (Å²) in [5, 5.41) is 6.20. The molecule has 0 radical (unpaired) electrons. The topological polar surface area (TPSA) is 63.2 Å². The van der Waals surface area contributed by atoms with Crippen LogP contribution in [-0.2, 0) is 17.9 Å². The molecule has 0 atom stereocenters. The van der Waals surface area contributed by atoms with Crippen molar-refractivity contribution in [3.8, 4) is 5.75 Å². The fraction of sp³-hybridized carbons (Fsp3) is 0.250. The summed E-state index contributed by atoms with van der Waals surface area (Å²) in [6.07, 6.45) is 3.67. The third-order valence-electron chi connectivity index (χ3n) is 3.47. The van der Waals surface area contributed by atoms with Crippen molar-refractivity contribution >= 4 is 11.6 Å². The molecule has 1 aromatic heterocycles. The predicted octanol–water partition coefficient (Wildman–Crippen LogP) is 2.01. The molecule has 2 N–H and O–H groups in total. The van der Waals surface area contributed by atoms with Gasteiger partial charge in [-0.2, -0.15) is 0 Å². The Kier molecular flexibility index (Phi) is 3.83. The molecule has 0 saturated carbocycles. The van der Waals surface area contributed by atoms with Crippen LogP contribution in [0.2, 0.25) is 0 Å². The lowest BCUT2D eigenvalue weighted by molar-refractivity contribution is -0.118. The minimum absolute atomic E-state index is 0.0882. The van der Waals surface area contributed by atoms with Crippen molar-refractivity contribution in [3.63, 3.8) is 0 Å². The molecule has 0 saturated heterocycles. The number of carbonyl (C=O) groups is 1. The Morgan fingerprint density at radius 1 is 1.33 bits per heavy atom. The number of hydrogen-bond acceptors (Lipinski definition) is 4. The second-order valence-electron chi connectivity index (χ2n) is 5.07. The molecule has 1 aromatic carbocycles. The van der Waals surface area contributed by atoms with E-state index in [-0.39, 0.29) is 12.5 Å². The van der Waals surface area contributed by atoms with Crippen molar-refractivity contribution in [2.75, 3.05) is 11.9 Å². The van der Waals surface area contributed by atoms with Gasteiger partial charge in [0.25, 0.3) is 5.91 Å². The summed E-state index contributed by atoms with van der Waals surface area (Å²) >= 11 is 0. The lowest BCUT2D eigenvalue weighted by atomic mass is 10.1. The SMILES string of the molecule is Cc1ccncc1CNCc1ccc2c(c1)NC(=O)CO2. The van der Waals surface area contributed by atoms with E-state index in [1.807, 2.05) is 30.5 Å². The molecule has 21 heavy (non-hydrogen) atoms. The van der Waals surface area contributed by atoms with E-state index in [2.05, 4.69) is 22.5 Å². The van der Waals surface area contributed by atoms with Gasteiger partial charge in [0.15, 0.2) is 6.61 Å². The summed E-state index contributed by atoms with van der Waals surface area (Å²) in [5.41, 5.74) is 4.25. The highest BCUT2D eigenvalue weighted by molar-refractivity contribution is 5.95. The van der Waals surface area contributed by atoms with Crippen LogP contribution >= 0.6 is 0 Å². The lowest BCUT2D eigenvalue weighted by Gasteiger charge is -2.18. The van der Waals surface area contributed by atoms with E-state index in [1.165, 1.54) is 11.1 Å². The third-order valence-corrected chi connectivity index (χ3v) is 3.47. The van der Waals surface area contributed by atoms with Gasteiger partial charge < -0.3 is 15.4 Å². The van der Waals surface area contributed by atoms with Crippen LogP contribution in [0.4, 0.5) is 5.69 Å². The molecule has 5 heteroatoms. The molecule has 0 aliphatic carbocycles. The first-order valence-electron chi connectivity index (χ1n) is 6.88. The number of aryl methyl sites for hydroxylation is 1. The number of rotatable bonds is 4. The van der Waals surface area contributed by atoms with E-state index < -0.39 is 0 Å². The molecule has 2 heterocycles. The van der Waals surface area contributed by atoms with Gasteiger partial charge in [-0.25, -0.2) is 0 Å². The van der Waals surface area contributed by atoms with Gasteiger partial charge in [0.05, 0.1) is 5.69 Å². The Morgan fingerprint density at radius 3 is 3.10 bits per heavy atom. The van der Waals surface area contributed by atoms with Crippen molar-refractivity contribution in [1.29, 1.82) is 0 Å². The van der Waals surface area contributed by atoms with E-state index >= 15 is 0 Å². The van der Waals surface area contributed by atoms with Crippen LogP contribution in [-0.4, -0.2) is 17.5 Å². The van der Waals surface area contributed by atoms with Gasteiger partial charge in [0.2, 0.25) is 0 Å². The summed E-state index contributed by atoms with van der Waals surface area (Å²) in [6.45, 7) is 3.65. The Morgan fingerprint density at radius 2 is 2.24 bits per heavy atom. The first kappa shape index (κ1) is 13.6. The number of hydrogen-bond donors (Lipinski definition) is 2. The molecule has 108 valence electrons. The minimum atomic E-state index is -0.112. The van der Waals surface area contributed by atoms with Crippen molar-refractivity contribution in [1.82, 2.24) is 10.3 Å². The van der Waals surface area contributed by atoms with Crippen LogP contribution in [0, 0.1) is 6.92 Å². The molecule has 0 fully saturated rings. The van der Waals surface area contributed by atoms with Gasteiger partial charge >= 0.3 is 0 Å². The number of nitrogens with one attached hydrogen (secondary N) is 2. The summed E-state index contributed by atoms with van der Waals surface area (Å²) in [5.74, 6) is 0.611. The molecule has 3 rings (SSSR count). The van der Waals surface area contributed by atoms with Crippen molar-refractivity contribution < 1.29 is 9.53 Å². The highest BCUT2D eigenvalue weighted by Crippen LogP contribution is 2.28. The molecule has 1 aliphatic rings. The minimum Gasteiger partial charge on any atom is -0.482 e. The Hall–Kier alpha value is -2.40. The normalized spacial score (nSPS) is 13.3. The largest absolute Gasteiger partial charge is 0.482 e. The summed E-state index contributed by atoms with van der Waals surface area (Å²) in [7, 11) is 0. The van der Waals surface area contributed by atoms with Crippen LogP contribution in [0.3, 0.4) is 0 Å².